The van der Waals surface area contributed by atoms with Crippen molar-refractivity contribution >= 4 is 29.3 Å². The van der Waals surface area contributed by atoms with E-state index < -0.39 is 0 Å². The molecule has 0 saturated heterocycles. The van der Waals surface area contributed by atoms with Crippen LogP contribution in [0.4, 0.5) is 5.69 Å². The number of hydrogen-bond acceptors (Lipinski definition) is 3. The van der Waals surface area contributed by atoms with Crippen LogP contribution in [0.2, 0.25) is 0 Å². The Bertz CT molecular complexity index is 860. The van der Waals surface area contributed by atoms with Crippen LogP contribution < -0.4 is 10.6 Å². The van der Waals surface area contributed by atoms with E-state index in [1.807, 2.05) is 25.1 Å². The van der Waals surface area contributed by atoms with Crippen molar-refractivity contribution < 1.29 is 9.59 Å². The summed E-state index contributed by atoms with van der Waals surface area (Å²) in [7, 11) is 0. The molecule has 2 aromatic carbocycles. The summed E-state index contributed by atoms with van der Waals surface area (Å²) in [6, 6.07) is 16.1. The van der Waals surface area contributed by atoms with Gasteiger partial charge in [0, 0.05) is 22.4 Å². The van der Waals surface area contributed by atoms with Crippen LogP contribution in [0.15, 0.2) is 53.4 Å². The van der Waals surface area contributed by atoms with Crippen LogP contribution in [0, 0.1) is 0 Å². The quantitative estimate of drug-likeness (QED) is 0.828. The molecule has 0 spiro atoms. The minimum absolute atomic E-state index is 0.0148. The average molecular weight is 381 g/mol. The molecule has 1 aliphatic carbocycles. The maximum Gasteiger partial charge on any atom is 0.251 e. The number of amides is 2. The Kier molecular flexibility index (Phi) is 4.96. The van der Waals surface area contributed by atoms with Crippen LogP contribution in [-0.2, 0) is 10.2 Å². The Balaban J connectivity index is 1.49. The Labute approximate surface area is 164 Å². The third-order valence-electron chi connectivity index (χ3n) is 5.71. The second-order valence-electron chi connectivity index (χ2n) is 7.50. The normalized spacial score (nSPS) is 20.6. The van der Waals surface area contributed by atoms with Crippen molar-refractivity contribution in [1.82, 2.24) is 5.32 Å². The van der Waals surface area contributed by atoms with E-state index in [0.29, 0.717) is 12.1 Å². The van der Waals surface area contributed by atoms with E-state index in [2.05, 4.69) is 34.9 Å². The van der Waals surface area contributed by atoms with Gasteiger partial charge in [-0.3, -0.25) is 9.59 Å². The van der Waals surface area contributed by atoms with Crippen molar-refractivity contribution in [3.63, 3.8) is 0 Å². The lowest BCUT2D eigenvalue weighted by molar-refractivity contribution is -0.115. The first-order chi connectivity index (χ1) is 13.1. The fraction of sp³-hybridized carbons (Fsp3) is 0.364. The van der Waals surface area contributed by atoms with E-state index in [0.717, 1.165) is 23.4 Å². The standard InChI is InChI=1S/C22H24N2O2S/c1-15-20(25)24-18-13-16(9-10-19(18)27-15)21(26)23-14-22(11-5-6-12-22)17-7-3-2-4-8-17/h2-4,7-10,13,15H,5-6,11-12,14H2,1H3,(H,23,26)(H,24,25). The molecule has 140 valence electrons. The summed E-state index contributed by atoms with van der Waals surface area (Å²) in [5.41, 5.74) is 2.66. The highest BCUT2D eigenvalue weighted by Crippen LogP contribution is 2.40. The first-order valence-electron chi connectivity index (χ1n) is 9.53. The number of carbonyl (C=O) groups is 2. The Hall–Kier alpha value is -2.27. The van der Waals surface area contributed by atoms with Crippen LogP contribution in [0.25, 0.3) is 0 Å². The van der Waals surface area contributed by atoms with E-state index in [9.17, 15) is 9.59 Å². The summed E-state index contributed by atoms with van der Waals surface area (Å²) in [6.07, 6.45) is 4.61. The lowest BCUT2D eigenvalue weighted by Crippen LogP contribution is -2.39. The lowest BCUT2D eigenvalue weighted by atomic mass is 9.79. The molecule has 0 bridgehead atoms. The summed E-state index contributed by atoms with van der Waals surface area (Å²) in [6.45, 7) is 2.53. The number of fused-ring (bicyclic) bond motifs is 1. The minimum Gasteiger partial charge on any atom is -0.351 e. The van der Waals surface area contributed by atoms with Gasteiger partial charge in [-0.2, -0.15) is 0 Å². The van der Waals surface area contributed by atoms with Gasteiger partial charge >= 0.3 is 0 Å². The highest BCUT2D eigenvalue weighted by Gasteiger charge is 2.35. The number of hydrogen-bond donors (Lipinski definition) is 2. The molecule has 27 heavy (non-hydrogen) atoms. The molecular weight excluding hydrogens is 356 g/mol. The predicted octanol–water partition coefficient (Wildman–Crippen LogP) is 4.36. The fourth-order valence-electron chi connectivity index (χ4n) is 4.11. The summed E-state index contributed by atoms with van der Waals surface area (Å²) in [5.74, 6) is -0.100. The van der Waals surface area contributed by atoms with Crippen LogP contribution in [-0.4, -0.2) is 23.6 Å². The van der Waals surface area contributed by atoms with Gasteiger partial charge in [0.15, 0.2) is 0 Å². The molecule has 5 heteroatoms. The molecule has 0 radical (unpaired) electrons. The van der Waals surface area contributed by atoms with Crippen LogP contribution in [0.3, 0.4) is 0 Å². The third-order valence-corrected chi connectivity index (χ3v) is 6.88. The smallest absolute Gasteiger partial charge is 0.251 e. The van der Waals surface area contributed by atoms with E-state index >= 15 is 0 Å². The molecule has 2 aromatic rings. The Morgan fingerprint density at radius 3 is 2.67 bits per heavy atom. The number of carbonyl (C=O) groups excluding carboxylic acids is 2. The first kappa shape index (κ1) is 18.1. The van der Waals surface area contributed by atoms with Gasteiger partial charge in [-0.05, 0) is 43.5 Å². The van der Waals surface area contributed by atoms with Crippen molar-refractivity contribution in [2.45, 2.75) is 48.2 Å². The van der Waals surface area contributed by atoms with Gasteiger partial charge in [-0.15, -0.1) is 11.8 Å². The number of rotatable bonds is 4. The summed E-state index contributed by atoms with van der Waals surface area (Å²) in [5, 5.41) is 5.94. The zero-order valence-corrected chi connectivity index (χ0v) is 16.3. The Morgan fingerprint density at radius 1 is 1.19 bits per heavy atom. The van der Waals surface area contributed by atoms with Crippen LogP contribution >= 0.6 is 11.8 Å². The fourth-order valence-corrected chi connectivity index (χ4v) is 5.04. The summed E-state index contributed by atoms with van der Waals surface area (Å²) < 4.78 is 0. The maximum absolute atomic E-state index is 12.8. The molecule has 4 nitrogen and oxygen atoms in total. The van der Waals surface area contributed by atoms with Crippen molar-refractivity contribution in [2.24, 2.45) is 0 Å². The molecule has 1 heterocycles. The number of benzene rings is 2. The van der Waals surface area contributed by atoms with Crippen molar-refractivity contribution in [3.05, 3.63) is 59.7 Å². The molecule has 2 amide bonds. The Morgan fingerprint density at radius 2 is 1.93 bits per heavy atom. The SMILES string of the molecule is CC1Sc2ccc(C(=O)NCC3(c4ccccc4)CCCC3)cc2NC1=O. The first-order valence-corrected chi connectivity index (χ1v) is 10.4. The summed E-state index contributed by atoms with van der Waals surface area (Å²) >= 11 is 1.53. The topological polar surface area (TPSA) is 58.2 Å². The monoisotopic (exact) mass is 380 g/mol. The average Bonchev–Trinajstić information content (AvgIpc) is 3.18. The maximum atomic E-state index is 12.8. The molecule has 1 saturated carbocycles. The van der Waals surface area contributed by atoms with Crippen molar-refractivity contribution in [1.29, 1.82) is 0 Å². The van der Waals surface area contributed by atoms with Gasteiger partial charge in [0.1, 0.15) is 0 Å². The van der Waals surface area contributed by atoms with Gasteiger partial charge in [-0.1, -0.05) is 43.2 Å². The van der Waals surface area contributed by atoms with Gasteiger partial charge < -0.3 is 10.6 Å². The molecule has 2 aliphatic rings. The molecule has 4 rings (SSSR count). The molecule has 1 atom stereocenters. The van der Waals surface area contributed by atoms with Gasteiger partial charge in [-0.25, -0.2) is 0 Å². The molecular formula is C22H24N2O2S. The van der Waals surface area contributed by atoms with E-state index in [1.54, 1.807) is 6.07 Å². The summed E-state index contributed by atoms with van der Waals surface area (Å²) in [4.78, 5) is 25.7. The highest BCUT2D eigenvalue weighted by molar-refractivity contribution is 8.00. The largest absolute Gasteiger partial charge is 0.351 e. The molecule has 2 N–H and O–H groups in total. The predicted molar refractivity (Wildman–Crippen MR) is 109 cm³/mol. The van der Waals surface area contributed by atoms with Gasteiger partial charge in [0.05, 0.1) is 10.9 Å². The zero-order chi connectivity index (χ0) is 18.9. The lowest BCUT2D eigenvalue weighted by Gasteiger charge is -2.30. The second-order valence-corrected chi connectivity index (χ2v) is 8.88. The van der Waals surface area contributed by atoms with Gasteiger partial charge in [0.2, 0.25) is 5.91 Å². The van der Waals surface area contributed by atoms with Crippen molar-refractivity contribution in [2.75, 3.05) is 11.9 Å². The third kappa shape index (κ3) is 3.61. The van der Waals surface area contributed by atoms with Crippen LogP contribution in [0.5, 0.6) is 0 Å². The van der Waals surface area contributed by atoms with E-state index in [4.69, 9.17) is 0 Å². The van der Waals surface area contributed by atoms with Gasteiger partial charge in [0.25, 0.3) is 5.91 Å². The van der Waals surface area contributed by atoms with E-state index in [1.165, 1.54) is 30.2 Å². The molecule has 1 unspecified atom stereocenters. The highest BCUT2D eigenvalue weighted by atomic mass is 32.2. The second kappa shape index (κ2) is 7.39. The van der Waals surface area contributed by atoms with Crippen LogP contribution in [0.1, 0.15) is 48.5 Å². The molecule has 1 fully saturated rings. The number of thioether (sulfide) groups is 1. The number of anilines is 1. The minimum atomic E-state index is -0.106. The molecule has 0 aromatic heterocycles. The number of nitrogens with one attached hydrogen (secondary N) is 2. The van der Waals surface area contributed by atoms with E-state index in [-0.39, 0.29) is 22.5 Å². The van der Waals surface area contributed by atoms with Crippen molar-refractivity contribution in [3.8, 4) is 0 Å². The zero-order valence-electron chi connectivity index (χ0n) is 15.5. The molecule has 1 aliphatic heterocycles.